The van der Waals surface area contributed by atoms with Crippen molar-refractivity contribution in [1.82, 2.24) is 19.5 Å². The average Bonchev–Trinajstić information content (AvgIpc) is 3.43. The first-order valence-corrected chi connectivity index (χ1v) is 11.6. The zero-order valence-electron chi connectivity index (χ0n) is 18.2. The predicted molar refractivity (Wildman–Crippen MR) is 123 cm³/mol. The van der Waals surface area contributed by atoms with Crippen molar-refractivity contribution in [1.29, 1.82) is 0 Å². The van der Waals surface area contributed by atoms with Crippen LogP contribution >= 0.6 is 11.6 Å². The maximum atomic E-state index is 14.5. The van der Waals surface area contributed by atoms with Crippen molar-refractivity contribution >= 4 is 46.3 Å². The fourth-order valence-corrected chi connectivity index (χ4v) is 4.86. The van der Waals surface area contributed by atoms with Crippen LogP contribution in [0.25, 0.3) is 11.2 Å². The SMILES string of the molecule is NC(=O)[C@H]1CC[C@H](n2c(Nc3c(F)cc(F)cc3Cl)nc3cnc(N[C@H]4CCOC4)nc32)CC1. The summed E-state index contributed by atoms with van der Waals surface area (Å²) in [6.07, 6.45) is 5.03. The zero-order chi connectivity index (χ0) is 23.8. The molecule has 2 fully saturated rings. The van der Waals surface area contributed by atoms with Crippen LogP contribution in [0.1, 0.15) is 38.1 Å². The Balaban J connectivity index is 1.54. The highest BCUT2D eigenvalue weighted by Gasteiger charge is 2.30. The van der Waals surface area contributed by atoms with E-state index in [1.165, 1.54) is 0 Å². The van der Waals surface area contributed by atoms with Crippen LogP contribution in [0.15, 0.2) is 18.3 Å². The van der Waals surface area contributed by atoms with E-state index < -0.39 is 11.6 Å². The lowest BCUT2D eigenvalue weighted by molar-refractivity contribution is -0.122. The predicted octanol–water partition coefficient (Wildman–Crippen LogP) is 3.92. The van der Waals surface area contributed by atoms with Crippen LogP contribution in [0.2, 0.25) is 5.02 Å². The lowest BCUT2D eigenvalue weighted by Gasteiger charge is -2.29. The van der Waals surface area contributed by atoms with E-state index in [4.69, 9.17) is 27.1 Å². The monoisotopic (exact) mass is 491 g/mol. The van der Waals surface area contributed by atoms with Crippen molar-refractivity contribution in [3.05, 3.63) is 35.0 Å². The highest BCUT2D eigenvalue weighted by molar-refractivity contribution is 6.33. The Morgan fingerprint density at radius 1 is 1.18 bits per heavy atom. The maximum Gasteiger partial charge on any atom is 0.225 e. The maximum absolute atomic E-state index is 14.5. The van der Waals surface area contributed by atoms with Crippen molar-refractivity contribution in [3.63, 3.8) is 0 Å². The molecule has 3 aromatic rings. The Labute approximate surface area is 199 Å². The van der Waals surface area contributed by atoms with E-state index in [0.717, 1.165) is 18.6 Å². The molecule has 0 bridgehead atoms. The van der Waals surface area contributed by atoms with Crippen LogP contribution in [0, 0.1) is 17.6 Å². The quantitative estimate of drug-likeness (QED) is 0.478. The van der Waals surface area contributed by atoms with Crippen LogP contribution in [0.4, 0.5) is 26.4 Å². The number of imidazole rings is 1. The number of nitrogens with zero attached hydrogens (tertiary/aromatic N) is 4. The molecule has 1 aromatic carbocycles. The van der Waals surface area contributed by atoms with Crippen molar-refractivity contribution in [2.45, 2.75) is 44.2 Å². The highest BCUT2D eigenvalue weighted by Crippen LogP contribution is 2.38. The second-order valence-corrected chi connectivity index (χ2v) is 9.10. The minimum atomic E-state index is -0.837. The molecule has 9 nitrogen and oxygen atoms in total. The molecule has 1 saturated heterocycles. The van der Waals surface area contributed by atoms with Gasteiger partial charge in [-0.05, 0) is 38.2 Å². The number of rotatable bonds is 6. The summed E-state index contributed by atoms with van der Waals surface area (Å²) in [6, 6.07) is 1.83. The third-order valence-electron chi connectivity index (χ3n) is 6.40. The topological polar surface area (TPSA) is 120 Å². The third-order valence-corrected chi connectivity index (χ3v) is 6.70. The molecule has 0 unspecified atom stereocenters. The molecule has 0 radical (unpaired) electrons. The van der Waals surface area contributed by atoms with Gasteiger partial charge in [-0.1, -0.05) is 11.6 Å². The van der Waals surface area contributed by atoms with Crippen LogP contribution in [-0.4, -0.2) is 44.7 Å². The van der Waals surface area contributed by atoms with Gasteiger partial charge in [-0.25, -0.2) is 18.7 Å². The van der Waals surface area contributed by atoms with Crippen LogP contribution in [0.5, 0.6) is 0 Å². The first-order valence-electron chi connectivity index (χ1n) is 11.2. The number of ether oxygens (including phenoxy) is 1. The van der Waals surface area contributed by atoms with E-state index >= 15 is 0 Å². The lowest BCUT2D eigenvalue weighted by atomic mass is 9.85. The fraction of sp³-hybridized carbons (Fsp3) is 0.455. The Morgan fingerprint density at radius 3 is 2.65 bits per heavy atom. The molecule has 0 spiro atoms. The molecule has 2 aliphatic rings. The van der Waals surface area contributed by atoms with Crippen LogP contribution in [0.3, 0.4) is 0 Å². The van der Waals surface area contributed by atoms with Gasteiger partial charge >= 0.3 is 0 Å². The molecule has 1 amide bonds. The number of anilines is 3. The standard InChI is InChI=1S/C22H24ClF2N7O2/c23-15-7-12(24)8-16(25)18(15)30-22-29-17-9-27-21(28-13-5-6-34-10-13)31-20(17)32(22)14-3-1-11(2-4-14)19(26)33/h7-9,11,13-14H,1-6,10H2,(H2,26,33)(H,29,30)(H,27,28,31)/t11-,13-,14-/m0/s1. The van der Waals surface area contributed by atoms with E-state index in [0.29, 0.717) is 62.0 Å². The number of fused-ring (bicyclic) bond motifs is 1. The Morgan fingerprint density at radius 2 is 1.97 bits per heavy atom. The summed E-state index contributed by atoms with van der Waals surface area (Å²) in [5.41, 5.74) is 6.48. The summed E-state index contributed by atoms with van der Waals surface area (Å²) in [6.45, 7) is 1.26. The van der Waals surface area contributed by atoms with Crippen molar-refractivity contribution in [3.8, 4) is 0 Å². The molecule has 1 saturated carbocycles. The summed E-state index contributed by atoms with van der Waals surface area (Å²) in [5.74, 6) is -1.35. The molecule has 1 atom stereocenters. The third kappa shape index (κ3) is 4.49. The summed E-state index contributed by atoms with van der Waals surface area (Å²) < 4.78 is 35.4. The normalized spacial score (nSPS) is 22.7. The van der Waals surface area contributed by atoms with E-state index in [2.05, 4.69) is 20.6 Å². The van der Waals surface area contributed by atoms with Crippen molar-refractivity contribution < 1.29 is 18.3 Å². The molecule has 4 N–H and O–H groups in total. The smallest absolute Gasteiger partial charge is 0.225 e. The molecular formula is C22H24ClF2N7O2. The second-order valence-electron chi connectivity index (χ2n) is 8.69. The Hall–Kier alpha value is -3.05. The number of hydrogen-bond acceptors (Lipinski definition) is 7. The van der Waals surface area contributed by atoms with Gasteiger partial charge in [0.2, 0.25) is 17.8 Å². The van der Waals surface area contributed by atoms with Gasteiger partial charge < -0.3 is 21.1 Å². The minimum absolute atomic E-state index is 0.0667. The minimum Gasteiger partial charge on any atom is -0.379 e. The van der Waals surface area contributed by atoms with Gasteiger partial charge in [-0.15, -0.1) is 0 Å². The number of nitrogens with one attached hydrogen (secondary N) is 2. The number of benzene rings is 1. The van der Waals surface area contributed by atoms with Crippen LogP contribution in [-0.2, 0) is 9.53 Å². The first kappa shape index (κ1) is 22.7. The highest BCUT2D eigenvalue weighted by atomic mass is 35.5. The van der Waals surface area contributed by atoms with E-state index in [1.54, 1.807) is 6.20 Å². The van der Waals surface area contributed by atoms with Crippen LogP contribution < -0.4 is 16.4 Å². The number of halogens is 3. The Kier molecular flexibility index (Phi) is 6.22. The molecule has 2 aromatic heterocycles. The first-order chi connectivity index (χ1) is 16.4. The number of hydrogen-bond donors (Lipinski definition) is 3. The van der Waals surface area contributed by atoms with E-state index in [1.807, 2.05) is 4.57 Å². The van der Waals surface area contributed by atoms with Crippen molar-refractivity contribution in [2.24, 2.45) is 11.7 Å². The molecule has 1 aliphatic heterocycles. The molecule has 3 heterocycles. The molecule has 12 heteroatoms. The van der Waals surface area contributed by atoms with Gasteiger partial charge in [-0.3, -0.25) is 9.36 Å². The lowest BCUT2D eigenvalue weighted by Crippen LogP contribution is -2.29. The molecule has 180 valence electrons. The zero-order valence-corrected chi connectivity index (χ0v) is 19.0. The summed E-state index contributed by atoms with van der Waals surface area (Å²) in [5, 5.41) is 6.10. The summed E-state index contributed by atoms with van der Waals surface area (Å²) >= 11 is 6.12. The summed E-state index contributed by atoms with van der Waals surface area (Å²) in [4.78, 5) is 25.3. The van der Waals surface area contributed by atoms with Gasteiger partial charge in [0.1, 0.15) is 11.3 Å². The van der Waals surface area contributed by atoms with Gasteiger partial charge in [0.25, 0.3) is 0 Å². The number of carbonyl (C=O) groups is 1. The van der Waals surface area contributed by atoms with Crippen molar-refractivity contribution in [2.75, 3.05) is 23.8 Å². The van der Waals surface area contributed by atoms with E-state index in [-0.39, 0.29) is 34.6 Å². The fourth-order valence-electron chi connectivity index (χ4n) is 4.62. The van der Waals surface area contributed by atoms with Gasteiger partial charge in [0.05, 0.1) is 29.6 Å². The average molecular weight is 492 g/mol. The molecule has 34 heavy (non-hydrogen) atoms. The summed E-state index contributed by atoms with van der Waals surface area (Å²) in [7, 11) is 0. The van der Waals surface area contributed by atoms with E-state index in [9.17, 15) is 13.6 Å². The largest absolute Gasteiger partial charge is 0.379 e. The molecule has 5 rings (SSSR count). The Bertz CT molecular complexity index is 1200. The second kappa shape index (κ2) is 9.30. The number of nitrogens with two attached hydrogens (primary N) is 1. The van der Waals surface area contributed by atoms with Gasteiger partial charge in [0, 0.05) is 24.6 Å². The number of aromatic nitrogens is 4. The number of primary amides is 1. The van der Waals surface area contributed by atoms with Gasteiger partial charge in [-0.2, -0.15) is 4.98 Å². The van der Waals surface area contributed by atoms with Gasteiger partial charge in [0.15, 0.2) is 11.5 Å². The number of carbonyl (C=O) groups excluding carboxylic acids is 1. The molecule has 1 aliphatic carbocycles. The molecular weight excluding hydrogens is 468 g/mol. The number of amides is 1.